The van der Waals surface area contributed by atoms with Crippen LogP contribution in [0.3, 0.4) is 0 Å². The monoisotopic (exact) mass is 468 g/mol. The minimum atomic E-state index is -1.88. The average Bonchev–Trinajstić information content (AvgIpc) is 3.13. The first kappa shape index (κ1) is 20.0. The summed E-state index contributed by atoms with van der Waals surface area (Å²) >= 11 is 0. The number of rotatable bonds is 2. The van der Waals surface area contributed by atoms with E-state index in [0.717, 1.165) is 32.7 Å². The summed E-state index contributed by atoms with van der Waals surface area (Å²) in [6.45, 7) is 4.86. The summed E-state index contributed by atoms with van der Waals surface area (Å²) in [5.41, 5.74) is 4.65. The van der Waals surface area contributed by atoms with Crippen LogP contribution in [0.25, 0.3) is 55.4 Å². The predicted molar refractivity (Wildman–Crippen MR) is 141 cm³/mol. The Morgan fingerprint density at radius 1 is 0.514 bits per heavy atom. The molecule has 3 heterocycles. The third kappa shape index (κ3) is 2.82. The maximum absolute atomic E-state index is 4.57. The smallest absolute Gasteiger partial charge is 0.163 e. The molecule has 0 atom stereocenters. The van der Waals surface area contributed by atoms with E-state index in [9.17, 15) is 0 Å². The maximum atomic E-state index is 4.57. The van der Waals surface area contributed by atoms with Gasteiger partial charge in [0, 0.05) is 11.1 Å². The van der Waals surface area contributed by atoms with Gasteiger partial charge in [0.25, 0.3) is 0 Å². The van der Waals surface area contributed by atoms with Crippen molar-refractivity contribution in [1.82, 2.24) is 29.9 Å². The molecule has 1 aliphatic rings. The molecule has 4 aromatic carbocycles. The molecule has 0 saturated heterocycles. The summed E-state index contributed by atoms with van der Waals surface area (Å²) in [5, 5.41) is 7.22. The van der Waals surface area contributed by atoms with E-state index in [0.29, 0.717) is 11.6 Å². The van der Waals surface area contributed by atoms with Crippen LogP contribution in [0.4, 0.5) is 0 Å². The number of aromatic nitrogens is 6. The number of fused-ring (bicyclic) bond motifs is 5. The molecule has 166 valence electrons. The van der Waals surface area contributed by atoms with Crippen LogP contribution in [0.5, 0.6) is 0 Å². The number of hydrogen-bond donors (Lipinski definition) is 0. The Bertz CT molecular complexity index is 1770. The first-order chi connectivity index (χ1) is 17.1. The molecule has 0 bridgehead atoms. The zero-order chi connectivity index (χ0) is 23.6. The van der Waals surface area contributed by atoms with E-state index in [4.69, 9.17) is 0 Å². The molecular formula is C28H20N6Si. The largest absolute Gasteiger partial charge is 0.225 e. The van der Waals surface area contributed by atoms with Gasteiger partial charge in [0.2, 0.25) is 0 Å². The van der Waals surface area contributed by atoms with Crippen molar-refractivity contribution in [3.05, 3.63) is 86.0 Å². The topological polar surface area (TPSA) is 77.3 Å². The van der Waals surface area contributed by atoms with Gasteiger partial charge in [-0.15, -0.1) is 0 Å². The zero-order valence-electron chi connectivity index (χ0n) is 19.3. The molecule has 35 heavy (non-hydrogen) atoms. The number of hydrogen-bond acceptors (Lipinski definition) is 6. The molecule has 0 spiro atoms. The van der Waals surface area contributed by atoms with Crippen LogP contribution in [-0.4, -0.2) is 38.0 Å². The maximum Gasteiger partial charge on any atom is 0.163 e. The Labute approximate surface area is 202 Å². The first-order valence-corrected chi connectivity index (χ1v) is 14.5. The molecule has 0 fully saturated rings. The molecule has 1 aliphatic heterocycles. The molecule has 0 saturated carbocycles. The Morgan fingerprint density at radius 2 is 1.03 bits per heavy atom. The summed E-state index contributed by atoms with van der Waals surface area (Å²) in [6, 6.07) is 21.9. The molecule has 0 aliphatic carbocycles. The molecule has 0 radical (unpaired) electrons. The standard InChI is InChI=1S/C28H20N6Si/c1-35(2)23-10-6-5-7-17(23)20-11-21-22(12-24(20)35)26(28-33-15-30-16-34-28)19-9-4-3-8-18(19)25(21)27-31-13-29-14-32-27/h3-16H,1-2H3. The minimum absolute atomic E-state index is 0.658. The summed E-state index contributed by atoms with van der Waals surface area (Å²) in [6.07, 6.45) is 6.23. The van der Waals surface area contributed by atoms with E-state index in [2.05, 4.69) is 104 Å². The van der Waals surface area contributed by atoms with Crippen LogP contribution < -0.4 is 10.4 Å². The highest BCUT2D eigenvalue weighted by Crippen LogP contribution is 2.43. The van der Waals surface area contributed by atoms with E-state index < -0.39 is 8.07 Å². The van der Waals surface area contributed by atoms with E-state index in [1.807, 2.05) is 0 Å². The fourth-order valence-corrected chi connectivity index (χ4v) is 8.67. The fourth-order valence-electron chi connectivity index (χ4n) is 5.59. The molecule has 2 aromatic heterocycles. The minimum Gasteiger partial charge on any atom is -0.225 e. The van der Waals surface area contributed by atoms with Gasteiger partial charge in [-0.2, -0.15) is 0 Å². The van der Waals surface area contributed by atoms with Crippen LogP contribution in [0.1, 0.15) is 0 Å². The fraction of sp³-hybridized carbons (Fsp3) is 0.0714. The van der Waals surface area contributed by atoms with Crippen molar-refractivity contribution in [1.29, 1.82) is 0 Å². The molecule has 6 nitrogen and oxygen atoms in total. The SMILES string of the molecule is C[Si]1(C)c2ccccc2-c2cc3c(-c4ncncn4)c4ccccc4c(-c4ncncn4)c3cc21. The number of benzene rings is 4. The Morgan fingerprint density at radius 3 is 1.63 bits per heavy atom. The normalized spacial score (nSPS) is 13.7. The summed E-state index contributed by atoms with van der Waals surface area (Å²) in [4.78, 5) is 26.4. The van der Waals surface area contributed by atoms with Crippen LogP contribution in [0.2, 0.25) is 13.1 Å². The second-order valence-electron chi connectivity index (χ2n) is 9.33. The lowest BCUT2D eigenvalue weighted by Gasteiger charge is -2.21. The lowest BCUT2D eigenvalue weighted by Crippen LogP contribution is -2.49. The van der Waals surface area contributed by atoms with Crippen molar-refractivity contribution in [3.63, 3.8) is 0 Å². The third-order valence-electron chi connectivity index (χ3n) is 7.16. The quantitative estimate of drug-likeness (QED) is 0.275. The van der Waals surface area contributed by atoms with Gasteiger partial charge in [-0.1, -0.05) is 67.7 Å². The number of nitrogens with zero attached hydrogens (tertiary/aromatic N) is 6. The van der Waals surface area contributed by atoms with Crippen molar-refractivity contribution in [2.75, 3.05) is 0 Å². The van der Waals surface area contributed by atoms with E-state index in [1.54, 1.807) is 25.3 Å². The second-order valence-corrected chi connectivity index (χ2v) is 13.7. The molecule has 7 rings (SSSR count). The lowest BCUT2D eigenvalue weighted by molar-refractivity contribution is 1.06. The van der Waals surface area contributed by atoms with Crippen molar-refractivity contribution >= 4 is 40.0 Å². The average molecular weight is 469 g/mol. The van der Waals surface area contributed by atoms with Gasteiger partial charge in [-0.3, -0.25) is 0 Å². The molecule has 0 N–H and O–H groups in total. The van der Waals surface area contributed by atoms with E-state index in [1.165, 1.54) is 21.5 Å². The third-order valence-corrected chi connectivity index (χ3v) is 10.7. The van der Waals surface area contributed by atoms with Crippen LogP contribution >= 0.6 is 0 Å². The van der Waals surface area contributed by atoms with Crippen LogP contribution in [0, 0.1) is 0 Å². The van der Waals surface area contributed by atoms with Crippen molar-refractivity contribution in [2.45, 2.75) is 13.1 Å². The van der Waals surface area contributed by atoms with Gasteiger partial charge in [-0.05, 0) is 49.1 Å². The summed E-state index contributed by atoms with van der Waals surface area (Å²) < 4.78 is 0. The molecular weight excluding hydrogens is 448 g/mol. The highest BCUT2D eigenvalue weighted by atomic mass is 28.3. The highest BCUT2D eigenvalue weighted by molar-refractivity contribution is 7.04. The molecule has 0 amide bonds. The van der Waals surface area contributed by atoms with Crippen LogP contribution in [-0.2, 0) is 0 Å². The zero-order valence-corrected chi connectivity index (χ0v) is 20.3. The van der Waals surface area contributed by atoms with Gasteiger partial charge in [0.1, 0.15) is 33.4 Å². The summed E-state index contributed by atoms with van der Waals surface area (Å²) in [5.74, 6) is 1.32. The molecule has 7 heteroatoms. The van der Waals surface area contributed by atoms with Crippen molar-refractivity contribution in [2.24, 2.45) is 0 Å². The van der Waals surface area contributed by atoms with Gasteiger partial charge in [0.05, 0.1) is 0 Å². The van der Waals surface area contributed by atoms with E-state index >= 15 is 0 Å². The van der Waals surface area contributed by atoms with Gasteiger partial charge < -0.3 is 0 Å². The molecule has 6 aromatic rings. The molecule has 0 unspecified atom stereocenters. The van der Waals surface area contributed by atoms with Gasteiger partial charge >= 0.3 is 0 Å². The second kappa shape index (κ2) is 7.32. The Balaban J connectivity index is 1.72. The van der Waals surface area contributed by atoms with Gasteiger partial charge in [0.15, 0.2) is 11.6 Å². The van der Waals surface area contributed by atoms with E-state index in [-0.39, 0.29) is 0 Å². The predicted octanol–water partition coefficient (Wildman–Crippen LogP) is 4.50. The lowest BCUT2D eigenvalue weighted by atomic mass is 9.89. The highest BCUT2D eigenvalue weighted by Gasteiger charge is 2.38. The van der Waals surface area contributed by atoms with Crippen molar-refractivity contribution < 1.29 is 0 Å². The Kier molecular flexibility index (Phi) is 4.19. The van der Waals surface area contributed by atoms with Crippen LogP contribution in [0.15, 0.2) is 86.0 Å². The van der Waals surface area contributed by atoms with Crippen molar-refractivity contribution in [3.8, 4) is 33.9 Å². The van der Waals surface area contributed by atoms with Gasteiger partial charge in [-0.25, -0.2) is 29.9 Å². The first-order valence-electron chi connectivity index (χ1n) is 11.5. The summed E-state index contributed by atoms with van der Waals surface area (Å²) in [7, 11) is -1.88. The Hall–Kier alpha value is -4.36.